The number of hydrogen-bond donors (Lipinski definition) is 1. The van der Waals surface area contributed by atoms with E-state index in [9.17, 15) is 5.11 Å². The second-order valence-electron chi connectivity index (χ2n) is 4.64. The third-order valence-electron chi connectivity index (χ3n) is 3.32. The van der Waals surface area contributed by atoms with E-state index < -0.39 is 5.60 Å². The molecule has 1 aromatic carbocycles. The van der Waals surface area contributed by atoms with Crippen LogP contribution in [-0.2, 0) is 12.1 Å². The van der Waals surface area contributed by atoms with Gasteiger partial charge in [0.2, 0.25) is 0 Å². The maximum Gasteiger partial charge on any atom is 0.182 e. The second-order valence-corrected chi connectivity index (χ2v) is 4.64. The van der Waals surface area contributed by atoms with Crippen molar-refractivity contribution >= 4 is 0 Å². The van der Waals surface area contributed by atoms with Crippen LogP contribution in [0.2, 0.25) is 0 Å². The van der Waals surface area contributed by atoms with E-state index >= 15 is 0 Å². The van der Waals surface area contributed by atoms with Crippen molar-refractivity contribution in [2.75, 3.05) is 0 Å². The van der Waals surface area contributed by atoms with Gasteiger partial charge in [-0.3, -0.25) is 0 Å². The molecule has 1 heterocycles. The van der Waals surface area contributed by atoms with Gasteiger partial charge in [0.1, 0.15) is 11.9 Å². The van der Waals surface area contributed by atoms with Crippen LogP contribution in [0.5, 0.6) is 0 Å². The Morgan fingerprint density at radius 2 is 2.00 bits per heavy atom. The van der Waals surface area contributed by atoms with Crippen molar-refractivity contribution in [2.45, 2.75) is 31.4 Å². The summed E-state index contributed by atoms with van der Waals surface area (Å²) in [5.41, 5.74) is 0.423. The predicted molar refractivity (Wildman–Crippen MR) is 63.3 cm³/mol. The van der Waals surface area contributed by atoms with Gasteiger partial charge in [0.25, 0.3) is 0 Å². The molecular formula is C13H15N3O. The molecule has 1 fully saturated rings. The van der Waals surface area contributed by atoms with Crippen LogP contribution in [0.1, 0.15) is 30.7 Å². The van der Waals surface area contributed by atoms with Gasteiger partial charge in [-0.2, -0.15) is 5.10 Å². The highest BCUT2D eigenvalue weighted by Crippen LogP contribution is 2.38. The van der Waals surface area contributed by atoms with Gasteiger partial charge >= 0.3 is 0 Å². The molecule has 88 valence electrons. The van der Waals surface area contributed by atoms with Gasteiger partial charge in [0.15, 0.2) is 5.82 Å². The molecule has 2 aromatic rings. The fraction of sp³-hybridized carbons (Fsp3) is 0.385. The minimum atomic E-state index is -0.762. The number of nitrogens with zero attached hydrogens (tertiary/aromatic N) is 3. The van der Waals surface area contributed by atoms with Crippen molar-refractivity contribution in [2.24, 2.45) is 0 Å². The molecule has 0 atom stereocenters. The Balaban J connectivity index is 1.77. The van der Waals surface area contributed by atoms with Crippen LogP contribution < -0.4 is 0 Å². The Kier molecular flexibility index (Phi) is 2.44. The summed E-state index contributed by atoms with van der Waals surface area (Å²) < 4.78 is 1.78. The molecule has 0 saturated heterocycles. The minimum Gasteiger partial charge on any atom is -0.382 e. The van der Waals surface area contributed by atoms with Gasteiger partial charge in [-0.25, -0.2) is 9.67 Å². The lowest BCUT2D eigenvalue weighted by atomic mass is 9.80. The third kappa shape index (κ3) is 1.96. The molecule has 1 aliphatic carbocycles. The maximum atomic E-state index is 10.1. The molecule has 3 rings (SSSR count). The van der Waals surface area contributed by atoms with Crippen molar-refractivity contribution in [3.8, 4) is 0 Å². The van der Waals surface area contributed by atoms with Crippen molar-refractivity contribution in [1.82, 2.24) is 14.8 Å². The Hall–Kier alpha value is -1.68. The first-order valence-corrected chi connectivity index (χ1v) is 5.92. The molecule has 17 heavy (non-hydrogen) atoms. The minimum absolute atomic E-state index is 0.569. The van der Waals surface area contributed by atoms with Crippen molar-refractivity contribution in [3.63, 3.8) is 0 Å². The van der Waals surface area contributed by atoms with Gasteiger partial charge in [0, 0.05) is 0 Å². The molecule has 0 amide bonds. The molecule has 0 spiro atoms. The van der Waals surface area contributed by atoms with Crippen LogP contribution in [0.3, 0.4) is 0 Å². The summed E-state index contributed by atoms with van der Waals surface area (Å²) in [6.07, 6.45) is 4.31. The van der Waals surface area contributed by atoms with E-state index in [-0.39, 0.29) is 0 Å². The molecular weight excluding hydrogens is 214 g/mol. The van der Waals surface area contributed by atoms with Crippen LogP contribution in [0.4, 0.5) is 0 Å². The normalized spacial score (nSPS) is 17.7. The predicted octanol–water partition coefficient (Wildman–Crippen LogP) is 1.70. The van der Waals surface area contributed by atoms with E-state index in [1.807, 2.05) is 18.2 Å². The fourth-order valence-electron chi connectivity index (χ4n) is 2.09. The number of aliphatic hydroxyl groups is 1. The number of rotatable bonds is 3. The van der Waals surface area contributed by atoms with E-state index in [1.165, 1.54) is 5.56 Å². The fourth-order valence-corrected chi connectivity index (χ4v) is 2.09. The highest BCUT2D eigenvalue weighted by atomic mass is 16.3. The summed E-state index contributed by atoms with van der Waals surface area (Å²) in [4.78, 5) is 4.21. The quantitative estimate of drug-likeness (QED) is 0.871. The molecule has 1 aromatic heterocycles. The SMILES string of the molecule is OC1(c2ncn(Cc3ccccc3)n2)CCC1. The van der Waals surface area contributed by atoms with Crippen LogP contribution in [0.15, 0.2) is 36.7 Å². The van der Waals surface area contributed by atoms with Crippen LogP contribution in [0.25, 0.3) is 0 Å². The molecule has 1 aliphatic rings. The molecule has 0 radical (unpaired) electrons. The Bertz CT molecular complexity index is 502. The van der Waals surface area contributed by atoms with Crippen molar-refractivity contribution in [1.29, 1.82) is 0 Å². The first-order valence-electron chi connectivity index (χ1n) is 5.92. The van der Waals surface area contributed by atoms with E-state index in [0.717, 1.165) is 19.3 Å². The van der Waals surface area contributed by atoms with E-state index in [4.69, 9.17) is 0 Å². The Morgan fingerprint density at radius 3 is 2.65 bits per heavy atom. The maximum absolute atomic E-state index is 10.1. The zero-order valence-electron chi connectivity index (χ0n) is 9.58. The van der Waals surface area contributed by atoms with Crippen LogP contribution in [0, 0.1) is 0 Å². The van der Waals surface area contributed by atoms with Crippen molar-refractivity contribution in [3.05, 3.63) is 48.0 Å². The topological polar surface area (TPSA) is 50.9 Å². The van der Waals surface area contributed by atoms with Crippen LogP contribution >= 0.6 is 0 Å². The van der Waals surface area contributed by atoms with Gasteiger partial charge < -0.3 is 5.11 Å². The van der Waals surface area contributed by atoms with Gasteiger partial charge in [-0.1, -0.05) is 30.3 Å². The highest BCUT2D eigenvalue weighted by Gasteiger charge is 2.39. The lowest BCUT2D eigenvalue weighted by Gasteiger charge is -2.33. The molecule has 1 N–H and O–H groups in total. The first kappa shape index (κ1) is 10.5. The summed E-state index contributed by atoms with van der Waals surface area (Å²) in [7, 11) is 0. The van der Waals surface area contributed by atoms with E-state index in [2.05, 4.69) is 22.2 Å². The summed E-state index contributed by atoms with van der Waals surface area (Å²) in [5, 5.41) is 14.5. The van der Waals surface area contributed by atoms with E-state index in [1.54, 1.807) is 11.0 Å². The lowest BCUT2D eigenvalue weighted by Crippen LogP contribution is -2.35. The Morgan fingerprint density at radius 1 is 1.24 bits per heavy atom. The third-order valence-corrected chi connectivity index (χ3v) is 3.32. The van der Waals surface area contributed by atoms with Gasteiger partial charge in [0.05, 0.1) is 6.54 Å². The standard InChI is InChI=1S/C13H15N3O/c17-13(7-4-8-13)12-14-10-16(15-12)9-11-5-2-1-3-6-11/h1-3,5-6,10,17H,4,7-9H2. The molecule has 4 heteroatoms. The summed E-state index contributed by atoms with van der Waals surface area (Å²) in [5.74, 6) is 0.569. The number of aromatic nitrogens is 3. The average molecular weight is 229 g/mol. The lowest BCUT2D eigenvalue weighted by molar-refractivity contribution is -0.0467. The summed E-state index contributed by atoms with van der Waals surface area (Å²) in [6.45, 7) is 0.698. The van der Waals surface area contributed by atoms with Gasteiger partial charge in [-0.15, -0.1) is 0 Å². The largest absolute Gasteiger partial charge is 0.382 e. The number of benzene rings is 1. The van der Waals surface area contributed by atoms with Crippen molar-refractivity contribution < 1.29 is 5.11 Å². The zero-order valence-corrected chi connectivity index (χ0v) is 9.58. The molecule has 0 bridgehead atoms. The highest BCUT2D eigenvalue weighted by molar-refractivity contribution is 5.15. The van der Waals surface area contributed by atoms with Crippen LogP contribution in [-0.4, -0.2) is 19.9 Å². The summed E-state index contributed by atoms with van der Waals surface area (Å²) >= 11 is 0. The smallest absolute Gasteiger partial charge is 0.182 e. The molecule has 4 nitrogen and oxygen atoms in total. The van der Waals surface area contributed by atoms with E-state index in [0.29, 0.717) is 12.4 Å². The van der Waals surface area contributed by atoms with Gasteiger partial charge in [-0.05, 0) is 24.8 Å². The second kappa shape index (κ2) is 3.96. The Labute approximate surface area is 99.9 Å². The first-order chi connectivity index (χ1) is 8.26. The molecule has 0 aliphatic heterocycles. The number of hydrogen-bond acceptors (Lipinski definition) is 3. The zero-order chi connectivity index (χ0) is 11.7. The monoisotopic (exact) mass is 229 g/mol. The summed E-state index contributed by atoms with van der Waals surface area (Å²) in [6, 6.07) is 10.1. The average Bonchev–Trinajstić information content (AvgIpc) is 2.76. The molecule has 0 unspecified atom stereocenters. The molecule has 1 saturated carbocycles.